The zero-order valence-corrected chi connectivity index (χ0v) is 10.0. The van der Waals surface area contributed by atoms with E-state index in [1.54, 1.807) is 0 Å². The Morgan fingerprint density at radius 2 is 1.93 bits per heavy atom. The number of benzene rings is 1. The summed E-state index contributed by atoms with van der Waals surface area (Å²) in [6.45, 7) is 3.98. The van der Waals surface area contributed by atoms with Crippen LogP contribution in [0.1, 0.15) is 22.3 Å². The second-order valence-corrected chi connectivity index (χ2v) is 3.86. The lowest BCUT2D eigenvalue weighted by atomic mass is 9.98. The molecule has 0 saturated heterocycles. The van der Waals surface area contributed by atoms with E-state index in [1.165, 1.54) is 7.11 Å². The summed E-state index contributed by atoms with van der Waals surface area (Å²) in [6.07, 6.45) is 0.313. The summed E-state index contributed by atoms with van der Waals surface area (Å²) >= 11 is 5.83. The van der Waals surface area contributed by atoms with Gasteiger partial charge in [-0.1, -0.05) is 17.7 Å². The van der Waals surface area contributed by atoms with Crippen molar-refractivity contribution >= 4 is 17.6 Å². The number of aryl methyl sites for hydroxylation is 1. The number of carbonyl (C=O) groups is 1. The Morgan fingerprint density at radius 3 is 2.47 bits per heavy atom. The van der Waals surface area contributed by atoms with E-state index in [9.17, 15) is 4.79 Å². The minimum absolute atomic E-state index is 0.218. The lowest BCUT2D eigenvalue weighted by molar-refractivity contribution is -0.139. The Hall–Kier alpha value is -1.02. The molecule has 2 nitrogen and oxygen atoms in total. The van der Waals surface area contributed by atoms with Gasteiger partial charge in [0.25, 0.3) is 0 Å². The third kappa shape index (κ3) is 2.96. The van der Waals surface area contributed by atoms with Crippen LogP contribution in [-0.2, 0) is 21.8 Å². The van der Waals surface area contributed by atoms with E-state index in [2.05, 4.69) is 4.74 Å². The molecule has 0 radical (unpaired) electrons. The number of esters is 1. The van der Waals surface area contributed by atoms with E-state index in [1.807, 2.05) is 26.0 Å². The fourth-order valence-corrected chi connectivity index (χ4v) is 1.84. The first-order valence-corrected chi connectivity index (χ1v) is 5.33. The maximum Gasteiger partial charge on any atom is 0.309 e. The normalized spacial score (nSPS) is 10.1. The molecule has 0 bridgehead atoms. The second-order valence-electron chi connectivity index (χ2n) is 3.59. The second kappa shape index (κ2) is 5.17. The van der Waals surface area contributed by atoms with Gasteiger partial charge in [0.15, 0.2) is 0 Å². The minimum atomic E-state index is -0.218. The van der Waals surface area contributed by atoms with Crippen molar-refractivity contribution < 1.29 is 9.53 Å². The monoisotopic (exact) mass is 226 g/mol. The van der Waals surface area contributed by atoms with Crippen molar-refractivity contribution in [3.8, 4) is 0 Å². The van der Waals surface area contributed by atoms with Crippen LogP contribution < -0.4 is 0 Å². The molecule has 3 heteroatoms. The van der Waals surface area contributed by atoms with Gasteiger partial charge in [-0.2, -0.15) is 0 Å². The van der Waals surface area contributed by atoms with E-state index in [0.29, 0.717) is 12.3 Å². The van der Waals surface area contributed by atoms with Crippen molar-refractivity contribution in [2.24, 2.45) is 0 Å². The first-order chi connectivity index (χ1) is 7.08. The highest BCUT2D eigenvalue weighted by Crippen LogP contribution is 2.19. The maximum atomic E-state index is 11.2. The number of alkyl halides is 1. The zero-order valence-electron chi connectivity index (χ0n) is 9.26. The topological polar surface area (TPSA) is 26.3 Å². The molecular formula is C12H15ClO2. The Morgan fingerprint density at radius 1 is 1.33 bits per heavy atom. The molecule has 0 amide bonds. The summed E-state index contributed by atoms with van der Waals surface area (Å²) in [7, 11) is 1.40. The van der Waals surface area contributed by atoms with Gasteiger partial charge in [0, 0.05) is 5.88 Å². The molecule has 0 aliphatic heterocycles. The number of halogens is 1. The molecular weight excluding hydrogens is 212 g/mol. The van der Waals surface area contributed by atoms with Gasteiger partial charge in [0.2, 0.25) is 0 Å². The molecule has 1 aromatic rings. The maximum absolute atomic E-state index is 11.2. The fourth-order valence-electron chi connectivity index (χ4n) is 1.56. The van der Waals surface area contributed by atoms with Crippen LogP contribution >= 0.6 is 11.6 Å². The number of carbonyl (C=O) groups excluding carboxylic acids is 1. The Kier molecular flexibility index (Phi) is 4.15. The third-order valence-corrected chi connectivity index (χ3v) is 2.76. The van der Waals surface area contributed by atoms with Gasteiger partial charge in [0.05, 0.1) is 13.5 Å². The standard InChI is InChI=1S/C12H15ClO2/c1-8-4-10(6-12(14)15-3)9(2)11(5-8)7-13/h4-5H,6-7H2,1-3H3. The largest absolute Gasteiger partial charge is 0.469 e. The molecule has 1 rings (SSSR count). The SMILES string of the molecule is COC(=O)Cc1cc(C)cc(CCl)c1C. The van der Waals surface area contributed by atoms with E-state index < -0.39 is 0 Å². The lowest BCUT2D eigenvalue weighted by Gasteiger charge is -2.10. The number of rotatable bonds is 3. The van der Waals surface area contributed by atoms with Crippen LogP contribution in [0.25, 0.3) is 0 Å². The van der Waals surface area contributed by atoms with Crippen molar-refractivity contribution in [2.75, 3.05) is 7.11 Å². The fraction of sp³-hybridized carbons (Fsp3) is 0.417. The molecule has 0 N–H and O–H groups in total. The van der Waals surface area contributed by atoms with Gasteiger partial charge in [-0.3, -0.25) is 4.79 Å². The van der Waals surface area contributed by atoms with E-state index in [0.717, 1.165) is 22.3 Å². The van der Waals surface area contributed by atoms with Crippen molar-refractivity contribution in [1.82, 2.24) is 0 Å². The van der Waals surface area contributed by atoms with Crippen LogP contribution in [-0.4, -0.2) is 13.1 Å². The number of ether oxygens (including phenoxy) is 1. The molecule has 0 saturated carbocycles. The number of hydrogen-bond acceptors (Lipinski definition) is 2. The average Bonchev–Trinajstić information content (AvgIpc) is 2.22. The molecule has 15 heavy (non-hydrogen) atoms. The van der Waals surface area contributed by atoms with Gasteiger partial charge in [-0.25, -0.2) is 0 Å². The third-order valence-electron chi connectivity index (χ3n) is 2.47. The molecule has 0 heterocycles. The van der Waals surface area contributed by atoms with Crippen molar-refractivity contribution in [2.45, 2.75) is 26.1 Å². The van der Waals surface area contributed by atoms with E-state index in [-0.39, 0.29) is 5.97 Å². The molecule has 0 atom stereocenters. The molecule has 0 aliphatic rings. The molecule has 0 aromatic heterocycles. The van der Waals surface area contributed by atoms with Crippen LogP contribution in [0.3, 0.4) is 0 Å². The highest BCUT2D eigenvalue weighted by Gasteiger charge is 2.09. The van der Waals surface area contributed by atoms with Crippen LogP contribution in [0.4, 0.5) is 0 Å². The van der Waals surface area contributed by atoms with Gasteiger partial charge in [-0.15, -0.1) is 11.6 Å². The summed E-state index contributed by atoms with van der Waals surface area (Å²) in [4.78, 5) is 11.2. The number of methoxy groups -OCH3 is 1. The summed E-state index contributed by atoms with van der Waals surface area (Å²) in [5, 5.41) is 0. The molecule has 0 aliphatic carbocycles. The van der Waals surface area contributed by atoms with E-state index in [4.69, 9.17) is 11.6 Å². The van der Waals surface area contributed by atoms with Crippen molar-refractivity contribution in [3.05, 3.63) is 34.4 Å². The molecule has 1 aromatic carbocycles. The van der Waals surface area contributed by atoms with Crippen molar-refractivity contribution in [1.29, 1.82) is 0 Å². The van der Waals surface area contributed by atoms with Gasteiger partial charge >= 0.3 is 5.97 Å². The molecule has 0 fully saturated rings. The smallest absolute Gasteiger partial charge is 0.309 e. The first-order valence-electron chi connectivity index (χ1n) is 4.80. The predicted octanol–water partition coefficient (Wildman–Crippen LogP) is 2.76. The van der Waals surface area contributed by atoms with Crippen LogP contribution in [0.2, 0.25) is 0 Å². The lowest BCUT2D eigenvalue weighted by Crippen LogP contribution is -2.07. The first kappa shape index (κ1) is 12.1. The summed E-state index contributed by atoms with van der Waals surface area (Å²) in [6, 6.07) is 4.05. The average molecular weight is 227 g/mol. The van der Waals surface area contributed by atoms with E-state index >= 15 is 0 Å². The highest BCUT2D eigenvalue weighted by molar-refractivity contribution is 6.17. The highest BCUT2D eigenvalue weighted by atomic mass is 35.5. The molecule has 82 valence electrons. The van der Waals surface area contributed by atoms with Gasteiger partial charge < -0.3 is 4.74 Å². The Labute approximate surface area is 95.2 Å². The van der Waals surface area contributed by atoms with Gasteiger partial charge in [-0.05, 0) is 30.5 Å². The van der Waals surface area contributed by atoms with Crippen molar-refractivity contribution in [3.63, 3.8) is 0 Å². The zero-order chi connectivity index (χ0) is 11.4. The Bertz CT molecular complexity index is 372. The summed E-state index contributed by atoms with van der Waals surface area (Å²) in [5.74, 6) is 0.256. The minimum Gasteiger partial charge on any atom is -0.469 e. The van der Waals surface area contributed by atoms with Crippen LogP contribution in [0.5, 0.6) is 0 Å². The Balaban J connectivity index is 3.06. The number of hydrogen-bond donors (Lipinski definition) is 0. The summed E-state index contributed by atoms with van der Waals surface area (Å²) in [5.41, 5.74) is 4.28. The predicted molar refractivity (Wildman–Crippen MR) is 61.2 cm³/mol. The van der Waals surface area contributed by atoms with Gasteiger partial charge in [0.1, 0.15) is 0 Å². The summed E-state index contributed by atoms with van der Waals surface area (Å²) < 4.78 is 4.65. The van der Waals surface area contributed by atoms with Crippen LogP contribution in [0, 0.1) is 13.8 Å². The van der Waals surface area contributed by atoms with Crippen LogP contribution in [0.15, 0.2) is 12.1 Å². The molecule has 0 spiro atoms. The quantitative estimate of drug-likeness (QED) is 0.585. The molecule has 0 unspecified atom stereocenters.